The Hall–Kier alpha value is -2.66. The molecule has 3 rings (SSSR count). The van der Waals surface area contributed by atoms with E-state index in [-0.39, 0.29) is 19.1 Å². The van der Waals surface area contributed by atoms with Crippen LogP contribution in [0.25, 0.3) is 10.9 Å². The van der Waals surface area contributed by atoms with Crippen LogP contribution in [0.15, 0.2) is 48.7 Å². The molecule has 2 aromatic carbocycles. The number of hydrogen-bond acceptors (Lipinski definition) is 3. The third kappa shape index (κ3) is 2.84. The fourth-order valence-electron chi connectivity index (χ4n) is 2.38. The molecule has 5 heteroatoms. The van der Waals surface area contributed by atoms with Crippen LogP contribution in [0.1, 0.15) is 11.1 Å². The first-order valence-electron chi connectivity index (χ1n) is 7.08. The summed E-state index contributed by atoms with van der Waals surface area (Å²) in [6.45, 7) is 2.02. The van der Waals surface area contributed by atoms with Crippen molar-refractivity contribution in [2.45, 2.75) is 20.1 Å². The molecule has 0 unspecified atom stereocenters. The van der Waals surface area contributed by atoms with Crippen molar-refractivity contribution < 1.29 is 9.90 Å². The number of aliphatic hydroxyl groups excluding tert-OH is 1. The molecule has 0 bridgehead atoms. The highest BCUT2D eigenvalue weighted by molar-refractivity contribution is 5.92. The van der Waals surface area contributed by atoms with Crippen LogP contribution in [0.3, 0.4) is 0 Å². The average Bonchev–Trinajstić information content (AvgIpc) is 2.93. The Balaban J connectivity index is 1.78. The molecule has 0 saturated carbocycles. The number of fused-ring (bicyclic) bond motifs is 1. The molecule has 5 nitrogen and oxygen atoms in total. The van der Waals surface area contributed by atoms with Gasteiger partial charge in [0.15, 0.2) is 0 Å². The summed E-state index contributed by atoms with van der Waals surface area (Å²) in [5, 5.41) is 17.3. The number of aromatic nitrogens is 2. The van der Waals surface area contributed by atoms with Gasteiger partial charge in [-0.15, -0.1) is 0 Å². The standard InChI is InChI=1S/C17H17N3O2/c1-12-6-7-13(11-21)8-15(12)19-17(22)10-20-16-5-3-2-4-14(16)9-18-20/h2-9,21H,10-11H2,1H3,(H,19,22). The van der Waals surface area contributed by atoms with Crippen molar-refractivity contribution in [2.24, 2.45) is 0 Å². The summed E-state index contributed by atoms with van der Waals surface area (Å²) < 4.78 is 1.68. The average molecular weight is 295 g/mol. The quantitative estimate of drug-likeness (QED) is 0.777. The minimum absolute atomic E-state index is 0.0487. The van der Waals surface area contributed by atoms with Gasteiger partial charge in [-0.3, -0.25) is 9.48 Å². The van der Waals surface area contributed by atoms with Crippen molar-refractivity contribution >= 4 is 22.5 Å². The monoisotopic (exact) mass is 295 g/mol. The van der Waals surface area contributed by atoms with E-state index in [1.807, 2.05) is 43.3 Å². The van der Waals surface area contributed by atoms with Gasteiger partial charge in [0.05, 0.1) is 18.3 Å². The maximum Gasteiger partial charge on any atom is 0.246 e. The summed E-state index contributed by atoms with van der Waals surface area (Å²) >= 11 is 0. The summed E-state index contributed by atoms with van der Waals surface area (Å²) in [4.78, 5) is 12.2. The largest absolute Gasteiger partial charge is 0.392 e. The lowest BCUT2D eigenvalue weighted by Gasteiger charge is -2.10. The van der Waals surface area contributed by atoms with Crippen LogP contribution in [0, 0.1) is 6.92 Å². The number of rotatable bonds is 4. The topological polar surface area (TPSA) is 67.2 Å². The van der Waals surface area contributed by atoms with Crippen molar-refractivity contribution in [3.63, 3.8) is 0 Å². The molecule has 1 aromatic heterocycles. The summed E-state index contributed by atoms with van der Waals surface area (Å²) in [6.07, 6.45) is 1.75. The zero-order chi connectivity index (χ0) is 15.5. The second-order valence-electron chi connectivity index (χ2n) is 5.22. The molecular weight excluding hydrogens is 278 g/mol. The zero-order valence-corrected chi connectivity index (χ0v) is 12.3. The minimum Gasteiger partial charge on any atom is -0.392 e. The van der Waals surface area contributed by atoms with Gasteiger partial charge in [0.1, 0.15) is 6.54 Å². The van der Waals surface area contributed by atoms with Crippen LogP contribution >= 0.6 is 0 Å². The number of amides is 1. The van der Waals surface area contributed by atoms with Crippen molar-refractivity contribution in [3.05, 3.63) is 59.8 Å². The highest BCUT2D eigenvalue weighted by Crippen LogP contribution is 2.17. The molecule has 112 valence electrons. The maximum absolute atomic E-state index is 12.2. The second-order valence-corrected chi connectivity index (χ2v) is 5.22. The number of aryl methyl sites for hydroxylation is 1. The van der Waals surface area contributed by atoms with Crippen LogP contribution < -0.4 is 5.32 Å². The molecule has 0 radical (unpaired) electrons. The summed E-state index contributed by atoms with van der Waals surface area (Å²) in [5.74, 6) is -0.146. The van der Waals surface area contributed by atoms with Gasteiger partial charge in [0.2, 0.25) is 5.91 Å². The van der Waals surface area contributed by atoms with Gasteiger partial charge >= 0.3 is 0 Å². The van der Waals surface area contributed by atoms with E-state index in [4.69, 9.17) is 0 Å². The third-order valence-electron chi connectivity index (χ3n) is 3.60. The van der Waals surface area contributed by atoms with Crippen molar-refractivity contribution in [3.8, 4) is 0 Å². The second kappa shape index (κ2) is 5.99. The van der Waals surface area contributed by atoms with Crippen molar-refractivity contribution in [1.82, 2.24) is 9.78 Å². The Labute approximate surface area is 128 Å². The van der Waals surface area contributed by atoms with Crippen LogP contribution in [0.5, 0.6) is 0 Å². The van der Waals surface area contributed by atoms with Crippen LogP contribution in [0.2, 0.25) is 0 Å². The van der Waals surface area contributed by atoms with Crippen LogP contribution in [0.4, 0.5) is 5.69 Å². The lowest BCUT2D eigenvalue weighted by Crippen LogP contribution is -2.20. The van der Waals surface area contributed by atoms with Gasteiger partial charge in [-0.25, -0.2) is 0 Å². The van der Waals surface area contributed by atoms with Gasteiger partial charge in [-0.05, 0) is 30.2 Å². The third-order valence-corrected chi connectivity index (χ3v) is 3.60. The fraction of sp³-hybridized carbons (Fsp3) is 0.176. The molecule has 0 aliphatic rings. The molecule has 0 aliphatic heterocycles. The fourth-order valence-corrected chi connectivity index (χ4v) is 2.38. The molecule has 3 aromatic rings. The minimum atomic E-state index is -0.146. The number of carbonyl (C=O) groups excluding carboxylic acids is 1. The van der Waals surface area contributed by atoms with Crippen LogP contribution in [-0.2, 0) is 17.9 Å². The Kier molecular flexibility index (Phi) is 3.89. The first kappa shape index (κ1) is 14.3. The predicted octanol–water partition coefficient (Wildman–Crippen LogP) is 2.48. The molecule has 1 amide bonds. The van der Waals surface area contributed by atoms with Gasteiger partial charge in [-0.1, -0.05) is 30.3 Å². The lowest BCUT2D eigenvalue weighted by molar-refractivity contribution is -0.116. The molecular formula is C17H17N3O2. The van der Waals surface area contributed by atoms with Crippen molar-refractivity contribution in [1.29, 1.82) is 0 Å². The highest BCUT2D eigenvalue weighted by Gasteiger charge is 2.09. The Bertz CT molecular complexity index is 824. The molecule has 0 aliphatic carbocycles. The van der Waals surface area contributed by atoms with E-state index in [0.717, 1.165) is 22.0 Å². The molecule has 22 heavy (non-hydrogen) atoms. The lowest BCUT2D eigenvalue weighted by atomic mass is 10.1. The van der Waals surface area contributed by atoms with E-state index >= 15 is 0 Å². The number of benzene rings is 2. The number of nitrogens with zero attached hydrogens (tertiary/aromatic N) is 2. The summed E-state index contributed by atoms with van der Waals surface area (Å²) in [6, 6.07) is 13.3. The van der Waals surface area contributed by atoms with Gasteiger partial charge < -0.3 is 10.4 Å². The van der Waals surface area contributed by atoms with E-state index in [1.54, 1.807) is 16.9 Å². The van der Waals surface area contributed by atoms with Gasteiger partial charge in [0, 0.05) is 11.1 Å². The van der Waals surface area contributed by atoms with E-state index in [1.165, 1.54) is 0 Å². The molecule has 1 heterocycles. The smallest absolute Gasteiger partial charge is 0.246 e. The number of para-hydroxylation sites is 1. The van der Waals surface area contributed by atoms with E-state index in [9.17, 15) is 9.90 Å². The van der Waals surface area contributed by atoms with E-state index < -0.39 is 0 Å². The Morgan fingerprint density at radius 3 is 2.91 bits per heavy atom. The first-order chi connectivity index (χ1) is 10.7. The molecule has 0 fully saturated rings. The zero-order valence-electron chi connectivity index (χ0n) is 12.3. The van der Waals surface area contributed by atoms with Gasteiger partial charge in [-0.2, -0.15) is 5.10 Å². The number of hydrogen-bond donors (Lipinski definition) is 2. The van der Waals surface area contributed by atoms with Gasteiger partial charge in [0.25, 0.3) is 0 Å². The normalized spacial score (nSPS) is 10.8. The Morgan fingerprint density at radius 1 is 1.27 bits per heavy atom. The maximum atomic E-state index is 12.2. The number of aliphatic hydroxyl groups is 1. The molecule has 0 saturated heterocycles. The summed E-state index contributed by atoms with van der Waals surface area (Å²) in [5.41, 5.74) is 3.37. The highest BCUT2D eigenvalue weighted by atomic mass is 16.3. The van der Waals surface area contributed by atoms with Crippen molar-refractivity contribution in [2.75, 3.05) is 5.32 Å². The van der Waals surface area contributed by atoms with E-state index in [0.29, 0.717) is 5.69 Å². The Morgan fingerprint density at radius 2 is 2.09 bits per heavy atom. The van der Waals surface area contributed by atoms with Crippen LogP contribution in [-0.4, -0.2) is 20.8 Å². The SMILES string of the molecule is Cc1ccc(CO)cc1NC(=O)Cn1ncc2ccccc21. The summed E-state index contributed by atoms with van der Waals surface area (Å²) in [7, 11) is 0. The molecule has 0 atom stereocenters. The number of anilines is 1. The molecule has 0 spiro atoms. The van der Waals surface area contributed by atoms with E-state index in [2.05, 4.69) is 10.4 Å². The number of nitrogens with one attached hydrogen (secondary N) is 1. The molecule has 2 N–H and O–H groups in total. The number of carbonyl (C=O) groups is 1. The first-order valence-corrected chi connectivity index (χ1v) is 7.08. The predicted molar refractivity (Wildman–Crippen MR) is 85.5 cm³/mol.